The van der Waals surface area contributed by atoms with Gasteiger partial charge in [-0.15, -0.1) is 0 Å². The monoisotopic (exact) mass is 411 g/mol. The van der Waals surface area contributed by atoms with Crippen molar-refractivity contribution < 1.29 is 10.0 Å². The Balaban J connectivity index is 1.67. The maximum absolute atomic E-state index is 10.9. The fourth-order valence-corrected chi connectivity index (χ4v) is 2.93. The van der Waals surface area contributed by atoms with Crippen molar-refractivity contribution >= 4 is 17.9 Å². The smallest absolute Gasteiger partial charge is 0.270 e. The maximum Gasteiger partial charge on any atom is 0.270 e. The first-order chi connectivity index (χ1) is 15.1. The van der Waals surface area contributed by atoms with E-state index in [4.69, 9.17) is 0 Å². The summed E-state index contributed by atoms with van der Waals surface area (Å²) in [4.78, 5) is 19.5. The average Bonchev–Trinajstić information content (AvgIpc) is 2.81. The Kier molecular flexibility index (Phi) is 5.62. The van der Waals surface area contributed by atoms with E-state index < -0.39 is 4.92 Å². The number of aromatic hydroxyl groups is 1. The van der Waals surface area contributed by atoms with Crippen LogP contribution in [0.4, 0.5) is 11.6 Å². The van der Waals surface area contributed by atoms with Crippen LogP contribution in [-0.2, 0) is 0 Å². The van der Waals surface area contributed by atoms with E-state index >= 15 is 0 Å². The lowest BCUT2D eigenvalue weighted by atomic mass is 10.1. The summed E-state index contributed by atoms with van der Waals surface area (Å²) < 4.78 is 0. The molecule has 0 amide bonds. The normalized spacial score (nSPS) is 10.8. The third-order valence-electron chi connectivity index (χ3n) is 4.46. The van der Waals surface area contributed by atoms with Crippen molar-refractivity contribution in [3.8, 4) is 28.3 Å². The van der Waals surface area contributed by atoms with Crippen LogP contribution in [-0.4, -0.2) is 26.2 Å². The summed E-state index contributed by atoms with van der Waals surface area (Å²) in [7, 11) is 0. The molecular formula is C23H17N5O3. The molecule has 0 fully saturated rings. The number of hydrogen-bond donors (Lipinski definition) is 2. The molecule has 1 aromatic heterocycles. The Hall–Kier alpha value is -4.59. The minimum atomic E-state index is -0.539. The molecule has 2 N–H and O–H groups in total. The van der Waals surface area contributed by atoms with Crippen LogP contribution in [0.3, 0.4) is 0 Å². The van der Waals surface area contributed by atoms with Crippen LogP contribution in [0.15, 0.2) is 90.0 Å². The predicted octanol–water partition coefficient (Wildman–Crippen LogP) is 4.87. The Morgan fingerprint density at radius 3 is 2.00 bits per heavy atom. The average molecular weight is 411 g/mol. The highest BCUT2D eigenvalue weighted by atomic mass is 16.6. The van der Waals surface area contributed by atoms with E-state index in [0.29, 0.717) is 11.4 Å². The van der Waals surface area contributed by atoms with Crippen LogP contribution in [0.2, 0.25) is 0 Å². The van der Waals surface area contributed by atoms with Gasteiger partial charge in [-0.1, -0.05) is 60.7 Å². The number of phenols is 1. The zero-order valence-electron chi connectivity index (χ0n) is 16.2. The molecule has 0 saturated heterocycles. The minimum Gasteiger partial charge on any atom is -0.507 e. The van der Waals surface area contributed by atoms with Gasteiger partial charge in [-0.2, -0.15) is 5.10 Å². The molecule has 8 nitrogen and oxygen atoms in total. The van der Waals surface area contributed by atoms with Gasteiger partial charge in [0.05, 0.1) is 22.5 Å². The molecule has 0 radical (unpaired) electrons. The van der Waals surface area contributed by atoms with Gasteiger partial charge in [0, 0.05) is 28.8 Å². The topological polar surface area (TPSA) is 114 Å². The van der Waals surface area contributed by atoms with Crippen molar-refractivity contribution in [1.82, 2.24) is 9.97 Å². The molecule has 0 aliphatic carbocycles. The Bertz CT molecular complexity index is 1190. The summed E-state index contributed by atoms with van der Waals surface area (Å²) >= 11 is 0. The Morgan fingerprint density at radius 2 is 1.45 bits per heavy atom. The van der Waals surface area contributed by atoms with E-state index in [2.05, 4.69) is 20.5 Å². The van der Waals surface area contributed by atoms with Crippen molar-refractivity contribution in [3.63, 3.8) is 0 Å². The standard InChI is InChI=1S/C23H17N5O3/c29-22-12-11-19(28(30)31)13-18(22)15-24-27-23-25-20(16-7-3-1-4-8-16)14-21(26-23)17-9-5-2-6-10-17/h1-15,29H,(H,25,26,27)/b24-15-. The molecule has 3 aromatic carbocycles. The molecule has 8 heteroatoms. The molecule has 152 valence electrons. The number of nitro groups is 1. The molecule has 0 aliphatic rings. The van der Waals surface area contributed by atoms with Crippen LogP contribution < -0.4 is 5.43 Å². The maximum atomic E-state index is 10.9. The van der Waals surface area contributed by atoms with Crippen LogP contribution in [0.1, 0.15) is 5.56 Å². The molecule has 4 aromatic rings. The van der Waals surface area contributed by atoms with Gasteiger partial charge in [-0.25, -0.2) is 15.4 Å². The molecule has 1 heterocycles. The minimum absolute atomic E-state index is 0.125. The Labute approximate surface area is 177 Å². The van der Waals surface area contributed by atoms with Crippen LogP contribution in [0.25, 0.3) is 22.5 Å². The molecule has 31 heavy (non-hydrogen) atoms. The molecular weight excluding hydrogens is 394 g/mol. The van der Waals surface area contributed by atoms with Gasteiger partial charge in [-0.3, -0.25) is 10.1 Å². The highest BCUT2D eigenvalue weighted by molar-refractivity contribution is 5.85. The van der Waals surface area contributed by atoms with E-state index in [1.807, 2.05) is 66.7 Å². The zero-order valence-corrected chi connectivity index (χ0v) is 16.2. The summed E-state index contributed by atoms with van der Waals surface area (Å²) in [6.45, 7) is 0. The van der Waals surface area contributed by atoms with Gasteiger partial charge >= 0.3 is 0 Å². The van der Waals surface area contributed by atoms with E-state index in [9.17, 15) is 15.2 Å². The predicted molar refractivity (Wildman–Crippen MR) is 119 cm³/mol. The lowest BCUT2D eigenvalue weighted by Gasteiger charge is -2.08. The van der Waals surface area contributed by atoms with Gasteiger partial charge < -0.3 is 5.11 Å². The number of aromatic nitrogens is 2. The fourth-order valence-electron chi connectivity index (χ4n) is 2.93. The number of benzene rings is 3. The summed E-state index contributed by atoms with van der Waals surface area (Å²) in [6.07, 6.45) is 1.28. The largest absolute Gasteiger partial charge is 0.507 e. The number of nitrogens with zero attached hydrogens (tertiary/aromatic N) is 4. The number of nitro benzene ring substituents is 1. The zero-order chi connectivity index (χ0) is 21.6. The second-order valence-electron chi connectivity index (χ2n) is 6.56. The highest BCUT2D eigenvalue weighted by Crippen LogP contribution is 2.25. The van der Waals surface area contributed by atoms with Gasteiger partial charge in [0.2, 0.25) is 5.95 Å². The second kappa shape index (κ2) is 8.83. The lowest BCUT2D eigenvalue weighted by molar-refractivity contribution is -0.384. The molecule has 0 spiro atoms. The lowest BCUT2D eigenvalue weighted by Crippen LogP contribution is -2.00. The molecule has 4 rings (SSSR count). The van der Waals surface area contributed by atoms with Crippen molar-refractivity contribution in [2.45, 2.75) is 0 Å². The van der Waals surface area contributed by atoms with E-state index in [1.54, 1.807) is 0 Å². The van der Waals surface area contributed by atoms with Gasteiger partial charge in [0.1, 0.15) is 5.75 Å². The first-order valence-electron chi connectivity index (χ1n) is 9.36. The van der Waals surface area contributed by atoms with E-state index in [-0.39, 0.29) is 22.9 Å². The van der Waals surface area contributed by atoms with Crippen molar-refractivity contribution in [2.24, 2.45) is 5.10 Å². The van der Waals surface area contributed by atoms with Crippen molar-refractivity contribution in [3.05, 3.63) is 101 Å². The third-order valence-corrected chi connectivity index (χ3v) is 4.46. The van der Waals surface area contributed by atoms with Crippen molar-refractivity contribution in [1.29, 1.82) is 0 Å². The first-order valence-corrected chi connectivity index (χ1v) is 9.36. The SMILES string of the molecule is O=[N+]([O-])c1ccc(O)c(/C=N\Nc2nc(-c3ccccc3)cc(-c3ccccc3)n2)c1. The Morgan fingerprint density at radius 1 is 0.871 bits per heavy atom. The molecule has 0 unspecified atom stereocenters. The quantitative estimate of drug-likeness (QED) is 0.266. The number of non-ortho nitro benzene ring substituents is 1. The number of phenolic OH excluding ortho intramolecular Hbond substituents is 1. The fraction of sp³-hybridized carbons (Fsp3) is 0. The van der Waals surface area contributed by atoms with E-state index in [0.717, 1.165) is 11.1 Å². The van der Waals surface area contributed by atoms with Crippen LogP contribution >= 0.6 is 0 Å². The van der Waals surface area contributed by atoms with Gasteiger partial charge in [0.15, 0.2) is 0 Å². The third kappa shape index (κ3) is 4.70. The highest BCUT2D eigenvalue weighted by Gasteiger charge is 2.10. The molecule has 0 bridgehead atoms. The number of nitrogens with one attached hydrogen (secondary N) is 1. The number of rotatable bonds is 6. The summed E-state index contributed by atoms with van der Waals surface area (Å²) in [5.74, 6) is 0.126. The second-order valence-corrected chi connectivity index (χ2v) is 6.56. The number of anilines is 1. The summed E-state index contributed by atoms with van der Waals surface area (Å²) in [6, 6.07) is 25.0. The van der Waals surface area contributed by atoms with Gasteiger partial charge in [-0.05, 0) is 12.1 Å². The number of hydrogen-bond acceptors (Lipinski definition) is 7. The summed E-state index contributed by atoms with van der Waals surface area (Å²) in [5.41, 5.74) is 6.08. The molecule has 0 atom stereocenters. The van der Waals surface area contributed by atoms with Crippen LogP contribution in [0, 0.1) is 10.1 Å². The van der Waals surface area contributed by atoms with E-state index in [1.165, 1.54) is 24.4 Å². The molecule has 0 aliphatic heterocycles. The number of hydrazone groups is 1. The summed E-state index contributed by atoms with van der Waals surface area (Å²) in [5, 5.41) is 24.9. The molecule has 0 saturated carbocycles. The van der Waals surface area contributed by atoms with Crippen LogP contribution in [0.5, 0.6) is 5.75 Å². The first kappa shape index (κ1) is 19.7. The van der Waals surface area contributed by atoms with Gasteiger partial charge in [0.25, 0.3) is 5.69 Å². The van der Waals surface area contributed by atoms with Crippen molar-refractivity contribution in [2.75, 3.05) is 5.43 Å².